The first-order valence-corrected chi connectivity index (χ1v) is 13.6. The Morgan fingerprint density at radius 3 is 2.39 bits per heavy atom. The van der Waals surface area contributed by atoms with Gasteiger partial charge in [-0.3, -0.25) is 9.59 Å². The SMILES string of the molecule is CCOC(=O)c1ccc(N2C(=O)CC(N(CCc3cccc(Cl)c3)S(=O)(=O)c3ccc(F)cc3)C2=O)cc1. The summed E-state index contributed by atoms with van der Waals surface area (Å²) in [6.45, 7) is 1.74. The van der Waals surface area contributed by atoms with Crippen LogP contribution >= 0.6 is 11.6 Å². The number of imide groups is 1. The van der Waals surface area contributed by atoms with Crippen LogP contribution in [0.15, 0.2) is 77.7 Å². The van der Waals surface area contributed by atoms with E-state index >= 15 is 0 Å². The third-order valence-corrected chi connectivity index (χ3v) is 8.19. The highest BCUT2D eigenvalue weighted by Crippen LogP contribution is 2.30. The van der Waals surface area contributed by atoms with E-state index in [4.69, 9.17) is 16.3 Å². The van der Waals surface area contributed by atoms with E-state index < -0.39 is 39.7 Å². The Hall–Kier alpha value is -3.60. The highest BCUT2D eigenvalue weighted by molar-refractivity contribution is 7.89. The minimum absolute atomic E-state index is 0.126. The molecule has 1 aliphatic rings. The molecule has 3 aromatic rings. The molecule has 2 amide bonds. The van der Waals surface area contributed by atoms with Gasteiger partial charge >= 0.3 is 5.97 Å². The van der Waals surface area contributed by atoms with Crippen molar-refractivity contribution < 1.29 is 31.9 Å². The number of nitrogens with zero attached hydrogens (tertiary/aromatic N) is 2. The van der Waals surface area contributed by atoms with Crippen molar-refractivity contribution in [1.29, 1.82) is 0 Å². The standard InChI is InChI=1S/C27H24ClFN2O6S/c1-2-37-27(34)19-6-10-22(11-7-19)31-25(32)17-24(26(31)33)30(15-14-18-4-3-5-20(28)16-18)38(35,36)23-12-8-21(29)9-13-23/h3-13,16,24H,2,14-15,17H2,1H3. The van der Waals surface area contributed by atoms with Gasteiger partial charge in [0.15, 0.2) is 0 Å². The molecule has 3 aromatic carbocycles. The van der Waals surface area contributed by atoms with Crippen LogP contribution in [0.3, 0.4) is 0 Å². The Balaban J connectivity index is 1.65. The molecule has 8 nitrogen and oxygen atoms in total. The third-order valence-electron chi connectivity index (χ3n) is 6.04. The minimum Gasteiger partial charge on any atom is -0.462 e. The van der Waals surface area contributed by atoms with E-state index in [-0.39, 0.29) is 42.1 Å². The highest BCUT2D eigenvalue weighted by atomic mass is 35.5. The summed E-state index contributed by atoms with van der Waals surface area (Å²) >= 11 is 6.06. The number of ether oxygens (including phenoxy) is 1. The van der Waals surface area contributed by atoms with Crippen LogP contribution in [0.4, 0.5) is 10.1 Å². The lowest BCUT2D eigenvalue weighted by Gasteiger charge is -2.27. The lowest BCUT2D eigenvalue weighted by atomic mass is 10.1. The predicted molar refractivity (Wildman–Crippen MR) is 139 cm³/mol. The Bertz CT molecular complexity index is 1460. The quantitative estimate of drug-likeness (QED) is 0.288. The molecule has 38 heavy (non-hydrogen) atoms. The van der Waals surface area contributed by atoms with E-state index in [1.165, 1.54) is 24.3 Å². The van der Waals surface area contributed by atoms with Crippen LogP contribution in [0, 0.1) is 5.82 Å². The Morgan fingerprint density at radius 2 is 1.76 bits per heavy atom. The smallest absolute Gasteiger partial charge is 0.338 e. The van der Waals surface area contributed by atoms with Crippen molar-refractivity contribution in [3.05, 3.63) is 94.8 Å². The molecule has 1 aliphatic heterocycles. The maximum Gasteiger partial charge on any atom is 0.338 e. The number of rotatable bonds is 9. The first-order valence-electron chi connectivity index (χ1n) is 11.8. The molecule has 0 aliphatic carbocycles. The summed E-state index contributed by atoms with van der Waals surface area (Å²) in [4.78, 5) is 39.1. The van der Waals surface area contributed by atoms with Crippen LogP contribution in [-0.4, -0.2) is 49.7 Å². The van der Waals surface area contributed by atoms with E-state index in [9.17, 15) is 27.2 Å². The van der Waals surface area contributed by atoms with Gasteiger partial charge in [0.25, 0.3) is 5.91 Å². The summed E-state index contributed by atoms with van der Waals surface area (Å²) in [5.41, 5.74) is 1.18. The van der Waals surface area contributed by atoms with E-state index in [2.05, 4.69) is 0 Å². The van der Waals surface area contributed by atoms with Crippen LogP contribution in [0.25, 0.3) is 0 Å². The lowest BCUT2D eigenvalue weighted by Crippen LogP contribution is -2.46. The largest absolute Gasteiger partial charge is 0.462 e. The molecule has 198 valence electrons. The summed E-state index contributed by atoms with van der Waals surface area (Å²) < 4.78 is 46.7. The molecule has 1 unspecified atom stereocenters. The minimum atomic E-state index is -4.29. The second-order valence-electron chi connectivity index (χ2n) is 8.50. The average Bonchev–Trinajstić information content (AvgIpc) is 3.17. The number of hydrogen-bond donors (Lipinski definition) is 0. The molecular weight excluding hydrogens is 535 g/mol. The predicted octanol–water partition coefficient (Wildman–Crippen LogP) is 4.22. The van der Waals surface area contributed by atoms with Crippen molar-refractivity contribution in [1.82, 2.24) is 4.31 Å². The van der Waals surface area contributed by atoms with Gasteiger partial charge in [-0.05, 0) is 79.6 Å². The van der Waals surface area contributed by atoms with E-state index in [1.54, 1.807) is 31.2 Å². The molecule has 0 aromatic heterocycles. The monoisotopic (exact) mass is 558 g/mol. The van der Waals surface area contributed by atoms with Crippen LogP contribution in [0.2, 0.25) is 5.02 Å². The molecule has 1 saturated heterocycles. The Kier molecular flexibility index (Phi) is 8.25. The fourth-order valence-electron chi connectivity index (χ4n) is 4.19. The number of esters is 1. The van der Waals surface area contributed by atoms with Gasteiger partial charge in [0.1, 0.15) is 11.9 Å². The van der Waals surface area contributed by atoms with Gasteiger partial charge in [-0.25, -0.2) is 22.5 Å². The summed E-state index contributed by atoms with van der Waals surface area (Å²) in [5.74, 6) is -2.48. The van der Waals surface area contributed by atoms with Gasteiger partial charge in [0, 0.05) is 11.6 Å². The zero-order valence-electron chi connectivity index (χ0n) is 20.3. The van der Waals surface area contributed by atoms with Gasteiger partial charge in [0.05, 0.1) is 29.2 Å². The Morgan fingerprint density at radius 1 is 1.08 bits per heavy atom. The lowest BCUT2D eigenvalue weighted by molar-refractivity contribution is -0.122. The van der Waals surface area contributed by atoms with Gasteiger partial charge < -0.3 is 4.74 Å². The molecule has 1 fully saturated rings. The van der Waals surface area contributed by atoms with Crippen LogP contribution in [-0.2, 0) is 30.8 Å². The van der Waals surface area contributed by atoms with Crippen molar-refractivity contribution in [2.75, 3.05) is 18.1 Å². The van der Waals surface area contributed by atoms with Crippen molar-refractivity contribution >= 4 is 45.1 Å². The number of halogens is 2. The fourth-order valence-corrected chi connectivity index (χ4v) is 5.99. The van der Waals surface area contributed by atoms with Crippen molar-refractivity contribution in [3.8, 4) is 0 Å². The van der Waals surface area contributed by atoms with E-state index in [0.29, 0.717) is 5.02 Å². The maximum absolute atomic E-state index is 13.6. The van der Waals surface area contributed by atoms with Crippen LogP contribution in [0.1, 0.15) is 29.3 Å². The molecule has 0 N–H and O–H groups in total. The van der Waals surface area contributed by atoms with Crippen molar-refractivity contribution in [2.45, 2.75) is 30.7 Å². The van der Waals surface area contributed by atoms with Gasteiger partial charge in [-0.1, -0.05) is 23.7 Å². The van der Waals surface area contributed by atoms with Crippen LogP contribution in [0.5, 0.6) is 0 Å². The van der Waals surface area contributed by atoms with E-state index in [1.807, 2.05) is 0 Å². The Labute approximate surface area is 224 Å². The normalized spacial score (nSPS) is 15.8. The molecule has 11 heteroatoms. The van der Waals surface area contributed by atoms with Crippen molar-refractivity contribution in [3.63, 3.8) is 0 Å². The number of benzene rings is 3. The van der Waals surface area contributed by atoms with Gasteiger partial charge in [-0.15, -0.1) is 0 Å². The first-order chi connectivity index (χ1) is 18.1. The zero-order chi connectivity index (χ0) is 27.4. The number of sulfonamides is 1. The maximum atomic E-state index is 13.6. The molecular formula is C27H24ClFN2O6S. The molecule has 1 atom stereocenters. The molecule has 0 radical (unpaired) electrons. The topological polar surface area (TPSA) is 101 Å². The molecule has 4 rings (SSSR count). The van der Waals surface area contributed by atoms with Crippen molar-refractivity contribution in [2.24, 2.45) is 0 Å². The van der Waals surface area contributed by atoms with Gasteiger partial charge in [0.2, 0.25) is 15.9 Å². The third kappa shape index (κ3) is 5.77. The first kappa shape index (κ1) is 27.4. The highest BCUT2D eigenvalue weighted by Gasteiger charge is 2.46. The number of hydrogen-bond acceptors (Lipinski definition) is 6. The summed E-state index contributed by atoms with van der Waals surface area (Å²) in [6.07, 6.45) is -0.165. The summed E-state index contributed by atoms with van der Waals surface area (Å²) in [7, 11) is -4.29. The summed E-state index contributed by atoms with van der Waals surface area (Å²) in [6, 6.07) is 15.5. The average molecular weight is 559 g/mol. The number of amides is 2. The number of carbonyl (C=O) groups excluding carboxylic acids is 3. The second-order valence-corrected chi connectivity index (χ2v) is 10.8. The van der Waals surface area contributed by atoms with E-state index in [0.717, 1.165) is 39.0 Å². The summed E-state index contributed by atoms with van der Waals surface area (Å²) in [5, 5.41) is 0.472. The number of carbonyl (C=O) groups is 3. The van der Waals surface area contributed by atoms with Gasteiger partial charge in [-0.2, -0.15) is 4.31 Å². The second kappa shape index (κ2) is 11.4. The molecule has 1 heterocycles. The number of anilines is 1. The molecule has 0 spiro atoms. The van der Waals surface area contributed by atoms with Crippen LogP contribution < -0.4 is 4.90 Å². The molecule has 0 bridgehead atoms. The fraction of sp³-hybridized carbons (Fsp3) is 0.222. The zero-order valence-corrected chi connectivity index (χ0v) is 21.9. The molecule has 0 saturated carbocycles.